The number of aromatic nitrogens is 1. The van der Waals surface area contributed by atoms with Crippen molar-refractivity contribution < 1.29 is 14.4 Å². The third-order valence-electron chi connectivity index (χ3n) is 5.94. The van der Waals surface area contributed by atoms with E-state index in [0.29, 0.717) is 29.0 Å². The van der Waals surface area contributed by atoms with E-state index in [1.807, 2.05) is 24.0 Å². The molecule has 4 N–H and O–H groups in total. The number of rotatable bonds is 6. The molecule has 3 aromatic rings. The fourth-order valence-corrected chi connectivity index (χ4v) is 3.95. The molecule has 3 amide bonds. The van der Waals surface area contributed by atoms with Crippen LogP contribution in [0.4, 0.5) is 17.2 Å². The number of carbonyl (C=O) groups is 3. The first-order valence-corrected chi connectivity index (χ1v) is 11.2. The number of hydrogen-bond acceptors (Lipinski definition) is 5. The van der Waals surface area contributed by atoms with Crippen molar-refractivity contribution in [2.45, 2.75) is 19.8 Å². The molecule has 34 heavy (non-hydrogen) atoms. The Morgan fingerprint density at radius 2 is 1.74 bits per heavy atom. The molecule has 2 heterocycles. The van der Waals surface area contributed by atoms with Crippen molar-refractivity contribution in [2.75, 3.05) is 28.6 Å². The van der Waals surface area contributed by atoms with Crippen LogP contribution in [0.25, 0.3) is 0 Å². The quantitative estimate of drug-likeness (QED) is 0.523. The highest BCUT2D eigenvalue weighted by molar-refractivity contribution is 6.07. The highest BCUT2D eigenvalue weighted by atomic mass is 16.2. The molecule has 0 radical (unpaired) electrons. The summed E-state index contributed by atoms with van der Waals surface area (Å²) in [5, 5.41) is 5.71. The monoisotopic (exact) mass is 457 g/mol. The molecule has 4 rings (SSSR count). The van der Waals surface area contributed by atoms with Crippen LogP contribution in [0.1, 0.15) is 39.1 Å². The van der Waals surface area contributed by atoms with Gasteiger partial charge >= 0.3 is 0 Å². The van der Waals surface area contributed by atoms with Crippen molar-refractivity contribution in [3.8, 4) is 0 Å². The van der Waals surface area contributed by atoms with Gasteiger partial charge in [-0.05, 0) is 61.7 Å². The third kappa shape index (κ3) is 5.40. The molecule has 0 bridgehead atoms. The van der Waals surface area contributed by atoms with Crippen LogP contribution >= 0.6 is 0 Å². The summed E-state index contributed by atoms with van der Waals surface area (Å²) in [5.41, 5.74) is 8.39. The lowest BCUT2D eigenvalue weighted by molar-refractivity contribution is -0.122. The number of pyridine rings is 1. The Kier molecular flexibility index (Phi) is 6.87. The highest BCUT2D eigenvalue weighted by Gasteiger charge is 2.24. The van der Waals surface area contributed by atoms with Gasteiger partial charge in [-0.25, -0.2) is 4.98 Å². The summed E-state index contributed by atoms with van der Waals surface area (Å²) in [4.78, 5) is 43.3. The lowest BCUT2D eigenvalue weighted by Crippen LogP contribution is -2.41. The maximum atomic E-state index is 12.8. The summed E-state index contributed by atoms with van der Waals surface area (Å²) in [6, 6.07) is 17.7. The predicted octanol–water partition coefficient (Wildman–Crippen LogP) is 3.60. The van der Waals surface area contributed by atoms with Crippen molar-refractivity contribution >= 4 is 34.9 Å². The molecular weight excluding hydrogens is 430 g/mol. The number of nitrogens with zero attached hydrogens (tertiary/aromatic N) is 2. The highest BCUT2D eigenvalue weighted by Crippen LogP contribution is 2.23. The second-order valence-electron chi connectivity index (χ2n) is 8.40. The first kappa shape index (κ1) is 23.0. The maximum Gasteiger partial charge on any atom is 0.255 e. The molecule has 0 aliphatic carbocycles. The molecule has 0 spiro atoms. The number of hydrogen-bond donors (Lipinski definition) is 3. The number of amides is 3. The zero-order chi connectivity index (χ0) is 24.1. The van der Waals surface area contributed by atoms with E-state index in [0.717, 1.165) is 30.8 Å². The molecule has 1 atom stereocenters. The minimum Gasteiger partial charge on any atom is -0.369 e. The van der Waals surface area contributed by atoms with Crippen molar-refractivity contribution in [1.82, 2.24) is 4.98 Å². The van der Waals surface area contributed by atoms with Gasteiger partial charge in [0, 0.05) is 29.9 Å². The van der Waals surface area contributed by atoms with Crippen LogP contribution in [0.3, 0.4) is 0 Å². The zero-order valence-corrected chi connectivity index (χ0v) is 19.0. The average molecular weight is 458 g/mol. The largest absolute Gasteiger partial charge is 0.369 e. The summed E-state index contributed by atoms with van der Waals surface area (Å²) < 4.78 is 0. The molecule has 1 aliphatic heterocycles. The smallest absolute Gasteiger partial charge is 0.255 e. The van der Waals surface area contributed by atoms with Gasteiger partial charge in [0.15, 0.2) is 0 Å². The van der Waals surface area contributed by atoms with Gasteiger partial charge in [-0.2, -0.15) is 0 Å². The Morgan fingerprint density at radius 1 is 0.971 bits per heavy atom. The van der Waals surface area contributed by atoms with E-state index in [1.54, 1.807) is 54.7 Å². The fourth-order valence-electron chi connectivity index (χ4n) is 3.95. The predicted molar refractivity (Wildman–Crippen MR) is 132 cm³/mol. The van der Waals surface area contributed by atoms with Crippen molar-refractivity contribution in [3.63, 3.8) is 0 Å². The van der Waals surface area contributed by atoms with E-state index < -0.39 is 0 Å². The first-order chi connectivity index (χ1) is 16.4. The number of piperidine rings is 1. The SMILES string of the molecule is Cc1ccc(C(=O)Nc2ccc(N3CCCC(C(N)=O)C3)nc2)cc1NC(=O)c1ccccc1. The van der Waals surface area contributed by atoms with E-state index in [-0.39, 0.29) is 23.6 Å². The number of aryl methyl sites for hydroxylation is 1. The number of primary amides is 1. The maximum absolute atomic E-state index is 12.8. The minimum absolute atomic E-state index is 0.173. The summed E-state index contributed by atoms with van der Waals surface area (Å²) in [7, 11) is 0. The molecular formula is C26H27N5O3. The average Bonchev–Trinajstić information content (AvgIpc) is 2.86. The summed E-state index contributed by atoms with van der Waals surface area (Å²) in [6.07, 6.45) is 3.27. The van der Waals surface area contributed by atoms with E-state index >= 15 is 0 Å². The van der Waals surface area contributed by atoms with E-state index in [4.69, 9.17) is 5.73 Å². The Morgan fingerprint density at radius 3 is 2.44 bits per heavy atom. The fraction of sp³-hybridized carbons (Fsp3) is 0.231. The lowest BCUT2D eigenvalue weighted by Gasteiger charge is -2.32. The Labute approximate surface area is 198 Å². The second-order valence-corrected chi connectivity index (χ2v) is 8.40. The first-order valence-electron chi connectivity index (χ1n) is 11.2. The summed E-state index contributed by atoms with van der Waals surface area (Å²) in [6.45, 7) is 3.23. The zero-order valence-electron chi connectivity index (χ0n) is 19.0. The minimum atomic E-state index is -0.309. The van der Waals surface area contributed by atoms with Crippen LogP contribution in [0.2, 0.25) is 0 Å². The molecule has 1 aliphatic rings. The van der Waals surface area contributed by atoms with E-state index in [9.17, 15) is 14.4 Å². The molecule has 8 heteroatoms. The van der Waals surface area contributed by atoms with Gasteiger partial charge in [0.25, 0.3) is 11.8 Å². The van der Waals surface area contributed by atoms with Gasteiger partial charge in [0.2, 0.25) is 5.91 Å². The van der Waals surface area contributed by atoms with Crippen molar-refractivity contribution in [2.24, 2.45) is 11.7 Å². The van der Waals surface area contributed by atoms with Gasteiger partial charge in [-0.1, -0.05) is 24.3 Å². The number of nitrogens with one attached hydrogen (secondary N) is 2. The third-order valence-corrected chi connectivity index (χ3v) is 5.94. The van der Waals surface area contributed by atoms with E-state index in [1.165, 1.54) is 0 Å². The van der Waals surface area contributed by atoms with Gasteiger partial charge < -0.3 is 21.3 Å². The number of carbonyl (C=O) groups excluding carboxylic acids is 3. The standard InChI is InChI=1S/C26H27N5O3/c1-17-9-10-19(14-22(17)30-25(33)18-6-3-2-4-7-18)26(34)29-21-11-12-23(28-15-21)31-13-5-8-20(16-31)24(27)32/h2-4,6-7,9-12,14-15,20H,5,8,13,16H2,1H3,(H2,27,32)(H,29,34)(H,30,33). The van der Waals surface area contributed by atoms with Crippen LogP contribution < -0.4 is 21.3 Å². The van der Waals surface area contributed by atoms with Crippen molar-refractivity contribution in [1.29, 1.82) is 0 Å². The molecule has 8 nitrogen and oxygen atoms in total. The normalized spacial score (nSPS) is 15.4. The molecule has 2 aromatic carbocycles. The van der Waals surface area contributed by atoms with Gasteiger partial charge in [-0.3, -0.25) is 14.4 Å². The Balaban J connectivity index is 1.42. The molecule has 1 aromatic heterocycles. The molecule has 0 saturated carbocycles. The van der Waals surface area contributed by atoms with E-state index in [2.05, 4.69) is 15.6 Å². The van der Waals surface area contributed by atoms with Crippen LogP contribution in [-0.2, 0) is 4.79 Å². The van der Waals surface area contributed by atoms with Crippen LogP contribution in [0, 0.1) is 12.8 Å². The Bertz CT molecular complexity index is 1190. The Hall–Kier alpha value is -4.20. The molecule has 1 saturated heterocycles. The summed E-state index contributed by atoms with van der Waals surface area (Å²) in [5.74, 6) is -0.266. The van der Waals surface area contributed by atoms with Crippen LogP contribution in [0.15, 0.2) is 66.9 Å². The lowest BCUT2D eigenvalue weighted by atomic mass is 9.97. The van der Waals surface area contributed by atoms with Crippen molar-refractivity contribution in [3.05, 3.63) is 83.6 Å². The second kappa shape index (κ2) is 10.2. The number of anilines is 3. The van der Waals surface area contributed by atoms with Gasteiger partial charge in [0.05, 0.1) is 17.8 Å². The summed E-state index contributed by atoms with van der Waals surface area (Å²) >= 11 is 0. The van der Waals surface area contributed by atoms with Crippen LogP contribution in [-0.4, -0.2) is 35.8 Å². The molecule has 1 fully saturated rings. The molecule has 174 valence electrons. The van der Waals surface area contributed by atoms with Gasteiger partial charge in [0.1, 0.15) is 5.82 Å². The van der Waals surface area contributed by atoms with Gasteiger partial charge in [-0.15, -0.1) is 0 Å². The number of benzene rings is 2. The number of nitrogens with two attached hydrogens (primary N) is 1. The molecule has 1 unspecified atom stereocenters. The van der Waals surface area contributed by atoms with Crippen LogP contribution in [0.5, 0.6) is 0 Å². The topological polar surface area (TPSA) is 117 Å².